The number of amides is 2. The van der Waals surface area contributed by atoms with Gasteiger partial charge in [-0.2, -0.15) is 0 Å². The molecule has 3 rings (SSSR count). The molecule has 3 N–H and O–H groups in total. The van der Waals surface area contributed by atoms with Crippen LogP contribution >= 0.6 is 0 Å². The number of nitrogens with two attached hydrogens (primary N) is 1. The zero-order valence-corrected chi connectivity index (χ0v) is 16.2. The molecule has 6 nitrogen and oxygen atoms in total. The van der Waals surface area contributed by atoms with Crippen LogP contribution < -0.4 is 11.1 Å². The molecule has 1 atom stereocenters. The zero-order valence-electron chi connectivity index (χ0n) is 16.2. The number of nitrogens with zero attached hydrogens (tertiary/aromatic N) is 1. The van der Waals surface area contributed by atoms with E-state index in [9.17, 15) is 9.59 Å². The maximum absolute atomic E-state index is 13.0. The first-order valence-electron chi connectivity index (χ1n) is 10.0. The topological polar surface area (TPSA) is 84.7 Å². The van der Waals surface area contributed by atoms with Crippen LogP contribution in [0.5, 0.6) is 0 Å². The summed E-state index contributed by atoms with van der Waals surface area (Å²) in [6, 6.07) is 10.1. The number of ether oxygens (including phenoxy) is 1. The summed E-state index contributed by atoms with van der Waals surface area (Å²) in [5, 5.41) is 3.11. The summed E-state index contributed by atoms with van der Waals surface area (Å²) in [5.41, 5.74) is 6.52. The van der Waals surface area contributed by atoms with Crippen LogP contribution in [0.25, 0.3) is 0 Å². The van der Waals surface area contributed by atoms with E-state index in [1.54, 1.807) is 0 Å². The third-order valence-corrected chi connectivity index (χ3v) is 5.89. The van der Waals surface area contributed by atoms with Crippen molar-refractivity contribution >= 4 is 11.8 Å². The molecule has 6 heteroatoms. The van der Waals surface area contributed by atoms with Crippen LogP contribution in [0.15, 0.2) is 30.3 Å². The Morgan fingerprint density at radius 2 is 1.85 bits per heavy atom. The van der Waals surface area contributed by atoms with E-state index in [1.165, 1.54) is 0 Å². The van der Waals surface area contributed by atoms with E-state index in [-0.39, 0.29) is 23.8 Å². The Morgan fingerprint density at radius 1 is 1.22 bits per heavy atom. The molecular weight excluding hydrogens is 342 g/mol. The molecule has 0 saturated carbocycles. The molecular formula is C21H31N3O3. The Kier molecular flexibility index (Phi) is 6.50. The fraction of sp³-hybridized carbons (Fsp3) is 0.619. The smallest absolute Gasteiger partial charge is 0.240 e. The zero-order chi connectivity index (χ0) is 19.3. The fourth-order valence-electron chi connectivity index (χ4n) is 3.99. The highest BCUT2D eigenvalue weighted by Gasteiger charge is 2.37. The van der Waals surface area contributed by atoms with Crippen molar-refractivity contribution in [2.24, 2.45) is 5.73 Å². The highest BCUT2D eigenvalue weighted by atomic mass is 16.5. The number of rotatable bonds is 5. The maximum Gasteiger partial charge on any atom is 0.240 e. The molecule has 1 unspecified atom stereocenters. The van der Waals surface area contributed by atoms with Gasteiger partial charge < -0.3 is 20.7 Å². The summed E-state index contributed by atoms with van der Waals surface area (Å²) in [5.74, 6) is 0.0198. The monoisotopic (exact) mass is 373 g/mol. The Labute approximate surface area is 161 Å². The van der Waals surface area contributed by atoms with Crippen LogP contribution in [0.2, 0.25) is 0 Å². The van der Waals surface area contributed by atoms with Gasteiger partial charge in [0.1, 0.15) is 0 Å². The van der Waals surface area contributed by atoms with E-state index in [4.69, 9.17) is 10.5 Å². The number of carbonyl (C=O) groups is 2. The first-order valence-corrected chi connectivity index (χ1v) is 10.0. The second kappa shape index (κ2) is 8.85. The van der Waals surface area contributed by atoms with E-state index in [2.05, 4.69) is 12.2 Å². The lowest BCUT2D eigenvalue weighted by atomic mass is 9.89. The molecule has 2 aliphatic heterocycles. The predicted molar refractivity (Wildman–Crippen MR) is 104 cm³/mol. The predicted octanol–water partition coefficient (Wildman–Crippen LogP) is 1.80. The maximum atomic E-state index is 13.0. The van der Waals surface area contributed by atoms with Crippen molar-refractivity contribution in [1.29, 1.82) is 0 Å². The van der Waals surface area contributed by atoms with E-state index >= 15 is 0 Å². The normalized spacial score (nSPS) is 21.5. The van der Waals surface area contributed by atoms with Gasteiger partial charge in [-0.25, -0.2) is 0 Å². The number of nitrogens with one attached hydrogen (secondary N) is 1. The number of benzene rings is 1. The number of likely N-dealkylation sites (tertiary alicyclic amines) is 1. The van der Waals surface area contributed by atoms with Crippen molar-refractivity contribution in [3.63, 3.8) is 0 Å². The summed E-state index contributed by atoms with van der Waals surface area (Å²) < 4.78 is 5.31. The summed E-state index contributed by atoms with van der Waals surface area (Å²) in [6.45, 7) is 4.47. The van der Waals surface area contributed by atoms with Crippen LogP contribution in [-0.2, 0) is 14.3 Å². The van der Waals surface area contributed by atoms with E-state index in [0.717, 1.165) is 24.8 Å². The lowest BCUT2D eigenvalue weighted by Gasteiger charge is -2.37. The Hall–Kier alpha value is -1.92. The van der Waals surface area contributed by atoms with E-state index < -0.39 is 5.54 Å². The number of piperidine rings is 1. The van der Waals surface area contributed by atoms with Crippen molar-refractivity contribution in [2.45, 2.75) is 56.5 Å². The summed E-state index contributed by atoms with van der Waals surface area (Å²) >= 11 is 0. The summed E-state index contributed by atoms with van der Waals surface area (Å²) in [4.78, 5) is 27.5. The van der Waals surface area contributed by atoms with Crippen LogP contribution in [-0.4, -0.2) is 54.6 Å². The quantitative estimate of drug-likeness (QED) is 0.824. The molecule has 0 spiro atoms. The first-order chi connectivity index (χ1) is 13.0. The van der Waals surface area contributed by atoms with Crippen LogP contribution in [0.4, 0.5) is 0 Å². The van der Waals surface area contributed by atoms with Crippen molar-refractivity contribution < 1.29 is 14.3 Å². The minimum absolute atomic E-state index is 0.0775. The Morgan fingerprint density at radius 3 is 2.44 bits per heavy atom. The number of hydrogen-bond donors (Lipinski definition) is 2. The highest BCUT2D eigenvalue weighted by Crippen LogP contribution is 2.24. The van der Waals surface area contributed by atoms with Gasteiger partial charge in [-0.05, 0) is 37.7 Å². The second-order valence-electron chi connectivity index (χ2n) is 7.71. The van der Waals surface area contributed by atoms with Crippen molar-refractivity contribution in [1.82, 2.24) is 10.2 Å². The van der Waals surface area contributed by atoms with Gasteiger partial charge >= 0.3 is 0 Å². The molecule has 2 heterocycles. The van der Waals surface area contributed by atoms with Crippen molar-refractivity contribution in [3.05, 3.63) is 35.9 Å². The molecule has 0 aromatic heterocycles. The molecule has 1 aromatic rings. The average Bonchev–Trinajstić information content (AvgIpc) is 2.70. The molecule has 2 amide bonds. The van der Waals surface area contributed by atoms with Crippen LogP contribution in [0.3, 0.4) is 0 Å². The van der Waals surface area contributed by atoms with Crippen LogP contribution in [0, 0.1) is 0 Å². The van der Waals surface area contributed by atoms with Crippen molar-refractivity contribution in [3.8, 4) is 0 Å². The minimum atomic E-state index is -0.814. The molecule has 2 saturated heterocycles. The SMILES string of the molecule is CCC(C(=O)N1CCC(NC(=O)C2(N)CCOCC2)CC1)c1ccccc1. The molecule has 2 fully saturated rings. The molecule has 0 bridgehead atoms. The van der Waals surface area contributed by atoms with Crippen LogP contribution in [0.1, 0.15) is 50.5 Å². The lowest BCUT2D eigenvalue weighted by molar-refractivity contribution is -0.134. The molecule has 1 aromatic carbocycles. The van der Waals surface area contributed by atoms with Gasteiger partial charge in [0.15, 0.2) is 0 Å². The highest BCUT2D eigenvalue weighted by molar-refractivity contribution is 5.86. The van der Waals surface area contributed by atoms with E-state index in [1.807, 2.05) is 35.2 Å². The standard InChI is InChI=1S/C21H31N3O3/c1-2-18(16-6-4-3-5-7-16)19(25)24-12-8-17(9-13-24)23-20(26)21(22)10-14-27-15-11-21/h3-7,17-18H,2,8-15,22H2,1H3,(H,23,26). The fourth-order valence-corrected chi connectivity index (χ4v) is 3.99. The summed E-state index contributed by atoms with van der Waals surface area (Å²) in [6.07, 6.45) is 3.46. The Balaban J connectivity index is 1.52. The Bertz CT molecular complexity index is 635. The average molecular weight is 373 g/mol. The largest absolute Gasteiger partial charge is 0.381 e. The molecule has 148 valence electrons. The van der Waals surface area contributed by atoms with Crippen molar-refractivity contribution in [2.75, 3.05) is 26.3 Å². The van der Waals surface area contributed by atoms with Gasteiger partial charge in [0.05, 0.1) is 11.5 Å². The van der Waals surface area contributed by atoms with Gasteiger partial charge in [-0.3, -0.25) is 9.59 Å². The molecule has 27 heavy (non-hydrogen) atoms. The van der Waals surface area contributed by atoms with Gasteiger partial charge in [0.25, 0.3) is 0 Å². The van der Waals surface area contributed by atoms with Gasteiger partial charge in [0.2, 0.25) is 11.8 Å². The third-order valence-electron chi connectivity index (χ3n) is 5.89. The second-order valence-corrected chi connectivity index (χ2v) is 7.71. The number of hydrogen-bond acceptors (Lipinski definition) is 4. The lowest BCUT2D eigenvalue weighted by Crippen LogP contribution is -2.59. The summed E-state index contributed by atoms with van der Waals surface area (Å²) in [7, 11) is 0. The molecule has 0 aliphatic carbocycles. The van der Waals surface area contributed by atoms with E-state index in [0.29, 0.717) is 39.1 Å². The minimum Gasteiger partial charge on any atom is -0.381 e. The third kappa shape index (κ3) is 4.68. The van der Waals surface area contributed by atoms with Gasteiger partial charge in [0, 0.05) is 32.3 Å². The van der Waals surface area contributed by atoms with Gasteiger partial charge in [-0.15, -0.1) is 0 Å². The molecule has 0 radical (unpaired) electrons. The number of carbonyl (C=O) groups excluding carboxylic acids is 2. The van der Waals surface area contributed by atoms with Gasteiger partial charge in [-0.1, -0.05) is 37.3 Å². The molecule has 2 aliphatic rings. The first kappa shape index (κ1) is 19.8.